The third-order valence-corrected chi connectivity index (χ3v) is 3.08. The van der Waals surface area contributed by atoms with Crippen LogP contribution in [0.4, 0.5) is 0 Å². The third kappa shape index (κ3) is 1.40. The Morgan fingerprint density at radius 3 is 3.07 bits per heavy atom. The predicted octanol–water partition coefficient (Wildman–Crippen LogP) is 2.73. The Morgan fingerprint density at radius 2 is 2.27 bits per heavy atom. The van der Waals surface area contributed by atoms with Crippen molar-refractivity contribution < 1.29 is 0 Å². The molecule has 3 rings (SSSR count). The molecule has 3 aromatic rings. The van der Waals surface area contributed by atoms with Gasteiger partial charge in [0.1, 0.15) is 5.69 Å². The van der Waals surface area contributed by atoms with E-state index in [0.717, 1.165) is 15.9 Å². The maximum Gasteiger partial charge on any atom is 0.223 e. The number of hydrogen-bond donors (Lipinski definition) is 1. The summed E-state index contributed by atoms with van der Waals surface area (Å²) in [5.74, 6) is 0.715. The molecule has 3 heterocycles. The monoisotopic (exact) mass is 236 g/mol. The van der Waals surface area contributed by atoms with Crippen molar-refractivity contribution in [3.05, 3.63) is 29.1 Å². The molecule has 1 N–H and O–H groups in total. The summed E-state index contributed by atoms with van der Waals surface area (Å²) < 4.78 is 0.995. The number of imidazole rings is 1. The third-order valence-electron chi connectivity index (χ3n) is 2.00. The van der Waals surface area contributed by atoms with E-state index in [1.165, 1.54) is 0 Å². The zero-order valence-electron chi connectivity index (χ0n) is 7.44. The van der Waals surface area contributed by atoms with Crippen molar-refractivity contribution >= 4 is 33.2 Å². The standard InChI is InChI=1S/C9H5ClN4S/c10-9-13-5-1-4-15-7(5)6(14-9)8-11-2-3-12-8/h1-4H,(H,11,12). The minimum absolute atomic E-state index is 0.243. The van der Waals surface area contributed by atoms with Crippen LogP contribution in [0.1, 0.15) is 0 Å². The van der Waals surface area contributed by atoms with Gasteiger partial charge in [0.15, 0.2) is 5.82 Å². The molecule has 0 atom stereocenters. The van der Waals surface area contributed by atoms with Crippen molar-refractivity contribution in [1.82, 2.24) is 19.9 Å². The van der Waals surface area contributed by atoms with Gasteiger partial charge in [0.2, 0.25) is 5.28 Å². The van der Waals surface area contributed by atoms with E-state index in [4.69, 9.17) is 11.6 Å². The number of aromatic nitrogens is 4. The molecule has 0 saturated carbocycles. The highest BCUT2D eigenvalue weighted by atomic mass is 35.5. The van der Waals surface area contributed by atoms with Crippen molar-refractivity contribution in [3.63, 3.8) is 0 Å². The molecule has 0 aliphatic carbocycles. The van der Waals surface area contributed by atoms with Gasteiger partial charge in [-0.3, -0.25) is 0 Å². The van der Waals surface area contributed by atoms with Crippen LogP contribution in [0.5, 0.6) is 0 Å². The molecule has 0 aliphatic heterocycles. The fourth-order valence-electron chi connectivity index (χ4n) is 1.39. The van der Waals surface area contributed by atoms with Gasteiger partial charge in [-0.15, -0.1) is 11.3 Å². The fraction of sp³-hybridized carbons (Fsp3) is 0. The topological polar surface area (TPSA) is 54.5 Å². The maximum absolute atomic E-state index is 5.84. The molecule has 0 spiro atoms. The summed E-state index contributed by atoms with van der Waals surface area (Å²) in [6.45, 7) is 0. The average Bonchev–Trinajstić information content (AvgIpc) is 2.86. The molecule has 0 radical (unpaired) electrons. The Kier molecular flexibility index (Phi) is 1.93. The minimum Gasteiger partial charge on any atom is -0.343 e. The summed E-state index contributed by atoms with van der Waals surface area (Å²) >= 11 is 7.42. The van der Waals surface area contributed by atoms with Crippen molar-refractivity contribution in [2.75, 3.05) is 0 Å². The Morgan fingerprint density at radius 1 is 1.33 bits per heavy atom. The molecule has 4 nitrogen and oxygen atoms in total. The number of hydrogen-bond acceptors (Lipinski definition) is 4. The number of fused-ring (bicyclic) bond motifs is 1. The van der Waals surface area contributed by atoms with Gasteiger partial charge in [-0.05, 0) is 23.0 Å². The average molecular weight is 237 g/mol. The maximum atomic E-state index is 5.84. The van der Waals surface area contributed by atoms with Crippen molar-refractivity contribution in [1.29, 1.82) is 0 Å². The van der Waals surface area contributed by atoms with Gasteiger partial charge >= 0.3 is 0 Å². The molecule has 15 heavy (non-hydrogen) atoms. The second kappa shape index (κ2) is 3.29. The lowest BCUT2D eigenvalue weighted by Gasteiger charge is -1.98. The summed E-state index contributed by atoms with van der Waals surface area (Å²) in [5.41, 5.74) is 1.61. The number of halogens is 1. The van der Waals surface area contributed by atoms with Gasteiger partial charge in [0.05, 0.1) is 10.2 Å². The SMILES string of the molecule is Clc1nc(-c2ncc[nH]2)c2sccc2n1. The van der Waals surface area contributed by atoms with Crippen LogP contribution in [0.25, 0.3) is 21.7 Å². The summed E-state index contributed by atoms with van der Waals surface area (Å²) in [5, 5.41) is 2.20. The van der Waals surface area contributed by atoms with Gasteiger partial charge in [0.25, 0.3) is 0 Å². The van der Waals surface area contributed by atoms with Crippen molar-refractivity contribution in [3.8, 4) is 11.5 Å². The number of aromatic amines is 1. The van der Waals surface area contributed by atoms with E-state index in [0.29, 0.717) is 5.82 Å². The summed E-state index contributed by atoms with van der Waals surface area (Å²) in [6.07, 6.45) is 3.44. The molecular weight excluding hydrogens is 232 g/mol. The molecule has 0 saturated heterocycles. The van der Waals surface area contributed by atoms with E-state index in [9.17, 15) is 0 Å². The summed E-state index contributed by atoms with van der Waals surface area (Å²) in [6, 6.07) is 1.92. The van der Waals surface area contributed by atoms with Crippen LogP contribution in [-0.2, 0) is 0 Å². The van der Waals surface area contributed by atoms with Crippen molar-refractivity contribution in [2.24, 2.45) is 0 Å². The number of rotatable bonds is 1. The number of nitrogens with zero attached hydrogens (tertiary/aromatic N) is 3. The van der Waals surface area contributed by atoms with E-state index < -0.39 is 0 Å². The first kappa shape index (κ1) is 8.82. The zero-order valence-corrected chi connectivity index (χ0v) is 9.01. The van der Waals surface area contributed by atoms with E-state index in [-0.39, 0.29) is 5.28 Å². The number of thiophene rings is 1. The zero-order chi connectivity index (χ0) is 10.3. The predicted molar refractivity (Wildman–Crippen MR) is 60.0 cm³/mol. The lowest BCUT2D eigenvalue weighted by molar-refractivity contribution is 1.19. The molecule has 0 fully saturated rings. The Labute approximate surface area is 94.0 Å². The highest BCUT2D eigenvalue weighted by Gasteiger charge is 2.11. The highest BCUT2D eigenvalue weighted by molar-refractivity contribution is 7.17. The molecule has 3 aromatic heterocycles. The van der Waals surface area contributed by atoms with Crippen LogP contribution in [-0.4, -0.2) is 19.9 Å². The van der Waals surface area contributed by atoms with Gasteiger partial charge < -0.3 is 4.98 Å². The summed E-state index contributed by atoms with van der Waals surface area (Å²) in [4.78, 5) is 15.5. The lowest BCUT2D eigenvalue weighted by atomic mass is 10.3. The lowest BCUT2D eigenvalue weighted by Crippen LogP contribution is -1.89. The molecule has 74 valence electrons. The number of H-pyrrole nitrogens is 1. The van der Waals surface area contributed by atoms with Gasteiger partial charge in [-0.25, -0.2) is 15.0 Å². The smallest absolute Gasteiger partial charge is 0.223 e. The minimum atomic E-state index is 0.243. The Bertz CT molecular complexity index is 602. The normalized spacial score (nSPS) is 11.0. The van der Waals surface area contributed by atoms with Gasteiger partial charge in [0, 0.05) is 12.4 Å². The Balaban J connectivity index is 2.38. The number of nitrogens with one attached hydrogen (secondary N) is 1. The molecule has 6 heteroatoms. The Hall–Kier alpha value is -1.46. The first-order valence-corrected chi connectivity index (χ1v) is 5.51. The van der Waals surface area contributed by atoms with E-state index in [1.807, 2.05) is 11.4 Å². The second-order valence-electron chi connectivity index (χ2n) is 2.91. The van der Waals surface area contributed by atoms with E-state index >= 15 is 0 Å². The molecule has 0 bridgehead atoms. The molecule has 0 unspecified atom stereocenters. The van der Waals surface area contributed by atoms with Crippen LogP contribution in [0, 0.1) is 0 Å². The first-order chi connectivity index (χ1) is 7.34. The first-order valence-electron chi connectivity index (χ1n) is 4.25. The van der Waals surface area contributed by atoms with Gasteiger partial charge in [-0.2, -0.15) is 0 Å². The van der Waals surface area contributed by atoms with Crippen LogP contribution in [0.3, 0.4) is 0 Å². The fourth-order valence-corrected chi connectivity index (χ4v) is 2.39. The molecule has 0 aliphatic rings. The molecular formula is C9H5ClN4S. The van der Waals surface area contributed by atoms with E-state index in [1.54, 1.807) is 23.7 Å². The molecule has 0 aromatic carbocycles. The summed E-state index contributed by atoms with van der Waals surface area (Å²) in [7, 11) is 0. The van der Waals surface area contributed by atoms with Crippen LogP contribution in [0.15, 0.2) is 23.8 Å². The quantitative estimate of drug-likeness (QED) is 0.661. The molecule has 0 amide bonds. The highest BCUT2D eigenvalue weighted by Crippen LogP contribution is 2.28. The van der Waals surface area contributed by atoms with E-state index in [2.05, 4.69) is 19.9 Å². The largest absolute Gasteiger partial charge is 0.343 e. The van der Waals surface area contributed by atoms with Crippen molar-refractivity contribution in [2.45, 2.75) is 0 Å². The van der Waals surface area contributed by atoms with Crippen LogP contribution in [0.2, 0.25) is 5.28 Å². The van der Waals surface area contributed by atoms with Gasteiger partial charge in [-0.1, -0.05) is 0 Å². The second-order valence-corrected chi connectivity index (χ2v) is 4.17. The van der Waals surface area contributed by atoms with Crippen LogP contribution >= 0.6 is 22.9 Å². The van der Waals surface area contributed by atoms with Crippen LogP contribution < -0.4 is 0 Å².